The van der Waals surface area contributed by atoms with E-state index in [2.05, 4.69) is 5.32 Å². The van der Waals surface area contributed by atoms with Crippen LogP contribution < -0.4 is 10.1 Å². The predicted octanol–water partition coefficient (Wildman–Crippen LogP) is 2.36. The van der Waals surface area contributed by atoms with Crippen molar-refractivity contribution in [1.29, 1.82) is 0 Å². The van der Waals surface area contributed by atoms with Gasteiger partial charge in [0.1, 0.15) is 11.4 Å². The highest BCUT2D eigenvalue weighted by molar-refractivity contribution is 5.98. The minimum Gasteiger partial charge on any atom is -0.495 e. The maximum Gasteiger partial charge on any atom is 0.271 e. The number of nitrogens with one attached hydrogen (secondary N) is 1. The third kappa shape index (κ3) is 3.24. The van der Waals surface area contributed by atoms with Crippen molar-refractivity contribution >= 4 is 17.3 Å². The third-order valence-electron chi connectivity index (χ3n) is 3.25. The van der Waals surface area contributed by atoms with E-state index in [-0.39, 0.29) is 17.3 Å². The van der Waals surface area contributed by atoms with Gasteiger partial charge in [-0.1, -0.05) is 6.92 Å². The summed E-state index contributed by atoms with van der Waals surface area (Å²) in [5, 5.41) is 13.4. The van der Waals surface area contributed by atoms with Crippen molar-refractivity contribution in [3.8, 4) is 5.75 Å². The lowest BCUT2D eigenvalue weighted by Gasteiger charge is -2.25. The predicted molar refractivity (Wildman–Crippen MR) is 74.0 cm³/mol. The number of carbonyl (C=O) groups excluding carboxylic acids is 1. The van der Waals surface area contributed by atoms with Gasteiger partial charge in [0.05, 0.1) is 17.7 Å². The summed E-state index contributed by atoms with van der Waals surface area (Å²) in [6.45, 7) is 3.46. The largest absolute Gasteiger partial charge is 0.495 e. The standard InChI is InChI=1S/C13H18N2O5/c1-5-13(2,20-4)12(16)14-10-8-9(15(17)18)6-7-11(10)19-3/h6-8H,5H2,1-4H3,(H,14,16). The second-order valence-electron chi connectivity index (χ2n) is 4.38. The zero-order chi connectivity index (χ0) is 15.3. The molecule has 0 aliphatic carbocycles. The van der Waals surface area contributed by atoms with E-state index >= 15 is 0 Å². The first-order valence-electron chi connectivity index (χ1n) is 6.07. The molecule has 0 fully saturated rings. The van der Waals surface area contributed by atoms with Gasteiger partial charge in [0.2, 0.25) is 0 Å². The Bertz CT molecular complexity index is 511. The quantitative estimate of drug-likeness (QED) is 0.639. The minimum atomic E-state index is -1.00. The smallest absolute Gasteiger partial charge is 0.271 e. The fourth-order valence-electron chi connectivity index (χ4n) is 1.56. The van der Waals surface area contributed by atoms with Crippen molar-refractivity contribution in [2.24, 2.45) is 0 Å². The van der Waals surface area contributed by atoms with Crippen LogP contribution in [-0.2, 0) is 9.53 Å². The van der Waals surface area contributed by atoms with Crippen LogP contribution >= 0.6 is 0 Å². The fourth-order valence-corrected chi connectivity index (χ4v) is 1.56. The zero-order valence-electron chi connectivity index (χ0n) is 11.9. The summed E-state index contributed by atoms with van der Waals surface area (Å²) in [6, 6.07) is 4.00. The van der Waals surface area contributed by atoms with Gasteiger partial charge in [-0.05, 0) is 19.4 Å². The van der Waals surface area contributed by atoms with Crippen molar-refractivity contribution in [3.63, 3.8) is 0 Å². The molecule has 1 aromatic carbocycles. The molecule has 7 heteroatoms. The SMILES string of the molecule is CCC(C)(OC)C(=O)Nc1cc([N+](=O)[O-])ccc1OC. The van der Waals surface area contributed by atoms with E-state index in [9.17, 15) is 14.9 Å². The molecule has 1 rings (SSSR count). The first kappa shape index (κ1) is 15.9. The molecule has 1 aromatic rings. The summed E-state index contributed by atoms with van der Waals surface area (Å²) in [5.74, 6) is -0.0418. The number of hydrogen-bond acceptors (Lipinski definition) is 5. The Morgan fingerprint density at radius 3 is 2.55 bits per heavy atom. The van der Waals surface area contributed by atoms with Crippen molar-refractivity contribution in [2.45, 2.75) is 25.9 Å². The molecule has 7 nitrogen and oxygen atoms in total. The van der Waals surface area contributed by atoms with Gasteiger partial charge in [-0.3, -0.25) is 14.9 Å². The molecule has 20 heavy (non-hydrogen) atoms. The normalized spacial score (nSPS) is 13.4. The zero-order valence-corrected chi connectivity index (χ0v) is 11.9. The number of benzene rings is 1. The van der Waals surface area contributed by atoms with Gasteiger partial charge >= 0.3 is 0 Å². The number of methoxy groups -OCH3 is 2. The average Bonchev–Trinajstić information content (AvgIpc) is 2.46. The molecule has 0 aliphatic rings. The molecule has 1 unspecified atom stereocenters. The number of hydrogen-bond donors (Lipinski definition) is 1. The summed E-state index contributed by atoms with van der Waals surface area (Å²) < 4.78 is 10.3. The summed E-state index contributed by atoms with van der Waals surface area (Å²) in [4.78, 5) is 22.4. The van der Waals surface area contributed by atoms with Crippen LogP contribution in [0.5, 0.6) is 5.75 Å². The Morgan fingerprint density at radius 1 is 1.45 bits per heavy atom. The lowest BCUT2D eigenvalue weighted by molar-refractivity contribution is -0.384. The van der Waals surface area contributed by atoms with E-state index in [1.54, 1.807) is 6.92 Å². The number of nitrogens with zero attached hydrogens (tertiary/aromatic N) is 1. The number of anilines is 1. The van der Waals surface area contributed by atoms with Crippen LogP contribution in [0.15, 0.2) is 18.2 Å². The van der Waals surface area contributed by atoms with Crippen LogP contribution in [0.25, 0.3) is 0 Å². The monoisotopic (exact) mass is 282 g/mol. The molecule has 0 heterocycles. The van der Waals surface area contributed by atoms with Gasteiger partial charge in [-0.15, -0.1) is 0 Å². The first-order chi connectivity index (χ1) is 9.37. The van der Waals surface area contributed by atoms with Crippen LogP contribution in [0.2, 0.25) is 0 Å². The summed E-state index contributed by atoms with van der Waals surface area (Å²) in [7, 11) is 2.86. The van der Waals surface area contributed by atoms with Crippen LogP contribution in [0.3, 0.4) is 0 Å². The lowest BCUT2D eigenvalue weighted by Crippen LogP contribution is -2.41. The average molecular weight is 282 g/mol. The van der Waals surface area contributed by atoms with Gasteiger partial charge in [0.15, 0.2) is 0 Å². The number of ether oxygens (including phenoxy) is 2. The Labute approximate surface area is 117 Å². The van der Waals surface area contributed by atoms with E-state index in [1.165, 1.54) is 32.4 Å². The molecule has 0 aliphatic heterocycles. The number of nitro groups is 1. The summed E-state index contributed by atoms with van der Waals surface area (Å²) in [6.07, 6.45) is 0.465. The van der Waals surface area contributed by atoms with Crippen LogP contribution in [0.1, 0.15) is 20.3 Å². The van der Waals surface area contributed by atoms with Crippen molar-refractivity contribution < 1.29 is 19.2 Å². The molecule has 110 valence electrons. The minimum absolute atomic E-state index is 0.128. The van der Waals surface area contributed by atoms with E-state index in [4.69, 9.17) is 9.47 Å². The molecule has 0 aromatic heterocycles. The molecule has 1 atom stereocenters. The van der Waals surface area contributed by atoms with Crippen LogP contribution in [-0.4, -0.2) is 30.7 Å². The molecule has 1 N–H and O–H groups in total. The molecule has 0 bridgehead atoms. The van der Waals surface area contributed by atoms with Crippen molar-refractivity contribution in [1.82, 2.24) is 0 Å². The second-order valence-corrected chi connectivity index (χ2v) is 4.38. The Balaban J connectivity index is 3.10. The number of carbonyl (C=O) groups is 1. The topological polar surface area (TPSA) is 90.7 Å². The van der Waals surface area contributed by atoms with Crippen molar-refractivity contribution in [3.05, 3.63) is 28.3 Å². The van der Waals surface area contributed by atoms with Crippen molar-refractivity contribution in [2.75, 3.05) is 19.5 Å². The maximum atomic E-state index is 12.2. The van der Waals surface area contributed by atoms with Gasteiger partial charge in [0.25, 0.3) is 11.6 Å². The third-order valence-corrected chi connectivity index (χ3v) is 3.25. The van der Waals surface area contributed by atoms with Gasteiger partial charge < -0.3 is 14.8 Å². The van der Waals surface area contributed by atoms with E-state index in [0.29, 0.717) is 12.2 Å². The molecular weight excluding hydrogens is 264 g/mol. The van der Waals surface area contributed by atoms with Gasteiger partial charge in [-0.25, -0.2) is 0 Å². The first-order valence-corrected chi connectivity index (χ1v) is 6.07. The molecule has 1 amide bonds. The summed E-state index contributed by atoms with van der Waals surface area (Å²) >= 11 is 0. The Kier molecular flexibility index (Phi) is 5.04. The number of rotatable bonds is 6. The number of amides is 1. The van der Waals surface area contributed by atoms with E-state index < -0.39 is 10.5 Å². The Hall–Kier alpha value is -2.15. The van der Waals surface area contributed by atoms with Crippen LogP contribution in [0, 0.1) is 10.1 Å². The fraction of sp³-hybridized carbons (Fsp3) is 0.462. The van der Waals surface area contributed by atoms with E-state index in [1.807, 2.05) is 6.92 Å². The molecule has 0 radical (unpaired) electrons. The Morgan fingerprint density at radius 2 is 2.10 bits per heavy atom. The van der Waals surface area contributed by atoms with Crippen LogP contribution in [0.4, 0.5) is 11.4 Å². The van der Waals surface area contributed by atoms with Gasteiger partial charge in [0, 0.05) is 19.2 Å². The molecule has 0 saturated carbocycles. The van der Waals surface area contributed by atoms with Gasteiger partial charge in [-0.2, -0.15) is 0 Å². The molecular formula is C13H18N2O5. The second kappa shape index (κ2) is 6.33. The van der Waals surface area contributed by atoms with E-state index in [0.717, 1.165) is 0 Å². The number of non-ortho nitro benzene ring substituents is 1. The summed E-state index contributed by atoms with van der Waals surface area (Å²) in [5.41, 5.74) is -0.893. The highest BCUT2D eigenvalue weighted by atomic mass is 16.6. The molecule has 0 saturated heterocycles. The maximum absolute atomic E-state index is 12.2. The molecule has 0 spiro atoms. The highest BCUT2D eigenvalue weighted by Crippen LogP contribution is 2.30. The lowest BCUT2D eigenvalue weighted by atomic mass is 10.0. The number of nitro benzene ring substituents is 1. The highest BCUT2D eigenvalue weighted by Gasteiger charge is 2.31.